The number of ether oxygens (including phenoxy) is 1. The maximum atomic E-state index is 14.5. The maximum Gasteiger partial charge on any atom is 0.275 e. The highest BCUT2D eigenvalue weighted by molar-refractivity contribution is 5.99. The van der Waals surface area contributed by atoms with E-state index in [0.29, 0.717) is 6.54 Å². The number of fused-ring (bicyclic) bond motifs is 4. The van der Waals surface area contributed by atoms with Crippen LogP contribution in [0, 0.1) is 24.5 Å². The lowest BCUT2D eigenvalue weighted by molar-refractivity contribution is 0.0608. The van der Waals surface area contributed by atoms with Gasteiger partial charge in [0.05, 0.1) is 6.04 Å². The number of nitrogens with zero attached hydrogens (tertiary/aromatic N) is 2. The van der Waals surface area contributed by atoms with E-state index in [4.69, 9.17) is 4.74 Å². The quantitative estimate of drug-likeness (QED) is 0.472. The molecule has 2 bridgehead atoms. The van der Waals surface area contributed by atoms with Gasteiger partial charge in [0.15, 0.2) is 11.4 Å². The van der Waals surface area contributed by atoms with Gasteiger partial charge in [-0.05, 0) is 31.4 Å². The molecule has 9 heteroatoms. The zero-order valence-corrected chi connectivity index (χ0v) is 21.9. The van der Waals surface area contributed by atoms with E-state index in [1.165, 1.54) is 19.2 Å². The van der Waals surface area contributed by atoms with E-state index >= 15 is 0 Å². The average Bonchev–Trinajstić information content (AvgIpc) is 3.06. The first-order valence-corrected chi connectivity index (χ1v) is 12.8. The first-order chi connectivity index (χ1) is 18.7. The summed E-state index contributed by atoms with van der Waals surface area (Å²) in [6, 6.07) is 11.2. The summed E-state index contributed by atoms with van der Waals surface area (Å²) in [5.41, 5.74) is -0.130. The molecule has 39 heavy (non-hydrogen) atoms. The highest BCUT2D eigenvalue weighted by atomic mass is 19.1. The van der Waals surface area contributed by atoms with Gasteiger partial charge < -0.3 is 19.5 Å². The van der Waals surface area contributed by atoms with Crippen LogP contribution in [0.15, 0.2) is 65.6 Å². The van der Waals surface area contributed by atoms with Crippen LogP contribution < -0.4 is 15.5 Å². The molecule has 2 aromatic carbocycles. The predicted octanol–water partition coefficient (Wildman–Crippen LogP) is 4.54. The fourth-order valence-corrected chi connectivity index (χ4v) is 5.08. The zero-order chi connectivity index (χ0) is 27.8. The predicted molar refractivity (Wildman–Crippen MR) is 142 cm³/mol. The van der Waals surface area contributed by atoms with E-state index in [-0.39, 0.29) is 65.2 Å². The van der Waals surface area contributed by atoms with E-state index in [0.717, 1.165) is 11.6 Å². The number of pyridine rings is 1. The molecule has 0 spiro atoms. The highest BCUT2D eigenvalue weighted by Gasteiger charge is 2.40. The zero-order valence-electron chi connectivity index (χ0n) is 21.9. The van der Waals surface area contributed by atoms with Gasteiger partial charge in [-0.1, -0.05) is 55.5 Å². The Hall–Kier alpha value is -4.27. The Bertz CT molecular complexity index is 1530. The number of allylic oxidation sites excluding steroid dienone is 1. The van der Waals surface area contributed by atoms with Crippen molar-refractivity contribution in [3.05, 3.63) is 111 Å². The summed E-state index contributed by atoms with van der Waals surface area (Å²) in [6.07, 6.45) is 5.39. The molecule has 3 unspecified atom stereocenters. The van der Waals surface area contributed by atoms with Crippen molar-refractivity contribution < 1.29 is 23.1 Å². The first-order valence-electron chi connectivity index (χ1n) is 12.8. The molecular formula is C30H29F2N3O4. The first kappa shape index (κ1) is 26.3. The van der Waals surface area contributed by atoms with Gasteiger partial charge in [0.1, 0.15) is 23.8 Å². The van der Waals surface area contributed by atoms with E-state index in [1.807, 2.05) is 56.3 Å². The maximum absolute atomic E-state index is 14.5. The number of carbonyl (C=O) groups is 2. The molecule has 0 radical (unpaired) electrons. The Morgan fingerprint density at radius 2 is 1.82 bits per heavy atom. The molecule has 2 aliphatic rings. The summed E-state index contributed by atoms with van der Waals surface area (Å²) in [4.78, 5) is 42.3. The van der Waals surface area contributed by atoms with E-state index in [9.17, 15) is 23.2 Å². The second-order valence-corrected chi connectivity index (χ2v) is 10.1. The standard InChI is InChI=1S/C30H29F2N3O4/c1-17-9-10-18(2)34-15-24(17)35-14-22(29(37)33-13-21-11-12-23(31)19(3)25(21)32)27(36)28(26(35)30(34)38)39-16-20-7-5-4-6-8-20/h4-12,14,17-18,24H,13,15-16H2,1-3H3,(H,33,37). The lowest BCUT2D eigenvalue weighted by Crippen LogP contribution is -2.48. The minimum Gasteiger partial charge on any atom is -0.483 e. The fraction of sp³-hybridized carbons (Fsp3) is 0.300. The number of benzene rings is 2. The molecule has 0 saturated heterocycles. The Morgan fingerprint density at radius 1 is 1.08 bits per heavy atom. The summed E-state index contributed by atoms with van der Waals surface area (Å²) < 4.78 is 35.8. The van der Waals surface area contributed by atoms with Crippen molar-refractivity contribution in [2.75, 3.05) is 6.54 Å². The number of hydrogen-bond acceptors (Lipinski definition) is 4. The molecule has 2 aliphatic heterocycles. The van der Waals surface area contributed by atoms with Gasteiger partial charge >= 0.3 is 0 Å². The van der Waals surface area contributed by atoms with Crippen LogP contribution in [0.2, 0.25) is 0 Å². The van der Waals surface area contributed by atoms with Crippen molar-refractivity contribution in [2.45, 2.75) is 46.0 Å². The van der Waals surface area contributed by atoms with Crippen molar-refractivity contribution in [1.29, 1.82) is 0 Å². The smallest absolute Gasteiger partial charge is 0.275 e. The number of carbonyl (C=O) groups excluding carboxylic acids is 2. The Balaban J connectivity index is 1.56. The molecule has 0 saturated carbocycles. The summed E-state index contributed by atoms with van der Waals surface area (Å²) >= 11 is 0. The second kappa shape index (κ2) is 10.5. The Labute approximate surface area is 224 Å². The van der Waals surface area contributed by atoms with Gasteiger partial charge in [-0.3, -0.25) is 14.4 Å². The molecule has 202 valence electrons. The number of rotatable bonds is 6. The number of amides is 2. The summed E-state index contributed by atoms with van der Waals surface area (Å²) in [7, 11) is 0. The van der Waals surface area contributed by atoms with Crippen molar-refractivity contribution >= 4 is 11.8 Å². The van der Waals surface area contributed by atoms with Gasteiger partial charge in [0, 0.05) is 36.5 Å². The third-order valence-electron chi connectivity index (χ3n) is 7.50. The second-order valence-electron chi connectivity index (χ2n) is 10.1. The van der Waals surface area contributed by atoms with Gasteiger partial charge in [0.25, 0.3) is 11.8 Å². The normalized spacial score (nSPS) is 19.9. The Morgan fingerprint density at radius 3 is 2.56 bits per heavy atom. The molecule has 1 N–H and O–H groups in total. The van der Waals surface area contributed by atoms with Crippen LogP contribution in [0.3, 0.4) is 0 Å². The SMILES string of the molecule is Cc1c(F)ccc(CNC(=O)c2cn3c(c(OCc4ccccc4)c2=O)C(=O)N2CC3C(C)C=CC2C)c1F. The molecular weight excluding hydrogens is 504 g/mol. The van der Waals surface area contributed by atoms with E-state index in [1.54, 1.807) is 9.47 Å². The van der Waals surface area contributed by atoms with E-state index < -0.39 is 23.0 Å². The van der Waals surface area contributed by atoms with Crippen molar-refractivity contribution in [1.82, 2.24) is 14.8 Å². The van der Waals surface area contributed by atoms with Gasteiger partial charge in [-0.25, -0.2) is 8.78 Å². The largest absolute Gasteiger partial charge is 0.483 e. The van der Waals surface area contributed by atoms with E-state index in [2.05, 4.69) is 5.32 Å². The van der Waals surface area contributed by atoms with Crippen LogP contribution in [0.1, 0.15) is 57.4 Å². The van der Waals surface area contributed by atoms with Crippen LogP contribution in [-0.4, -0.2) is 33.9 Å². The third kappa shape index (κ3) is 4.84. The third-order valence-corrected chi connectivity index (χ3v) is 7.50. The molecule has 3 heterocycles. The van der Waals surface area contributed by atoms with Crippen LogP contribution in [0.4, 0.5) is 8.78 Å². The topological polar surface area (TPSA) is 80.6 Å². The van der Waals surface area contributed by atoms with Crippen LogP contribution >= 0.6 is 0 Å². The molecule has 3 aromatic rings. The molecule has 1 aromatic heterocycles. The minimum absolute atomic E-state index is 0.000901. The van der Waals surface area contributed by atoms with Crippen LogP contribution in [0.25, 0.3) is 0 Å². The average molecular weight is 534 g/mol. The summed E-state index contributed by atoms with van der Waals surface area (Å²) in [5, 5.41) is 2.57. The Kier molecular flexibility index (Phi) is 7.08. The number of nitrogens with one attached hydrogen (secondary N) is 1. The lowest BCUT2D eigenvalue weighted by atomic mass is 9.98. The summed E-state index contributed by atoms with van der Waals surface area (Å²) in [6.45, 7) is 5.42. The van der Waals surface area contributed by atoms with Crippen LogP contribution in [0.5, 0.6) is 5.75 Å². The molecule has 2 amide bonds. The van der Waals surface area contributed by atoms with Crippen molar-refractivity contribution in [3.8, 4) is 5.75 Å². The monoisotopic (exact) mass is 533 g/mol. The van der Waals surface area contributed by atoms with Crippen molar-refractivity contribution in [2.24, 2.45) is 5.92 Å². The molecule has 0 aliphatic carbocycles. The molecule has 5 rings (SSSR count). The summed E-state index contributed by atoms with van der Waals surface area (Å²) in [5.74, 6) is -2.74. The highest BCUT2D eigenvalue weighted by Crippen LogP contribution is 2.35. The van der Waals surface area contributed by atoms with Gasteiger partial charge in [0.2, 0.25) is 5.43 Å². The lowest BCUT2D eigenvalue weighted by Gasteiger charge is -2.39. The van der Waals surface area contributed by atoms with Gasteiger partial charge in [-0.2, -0.15) is 0 Å². The molecule has 3 atom stereocenters. The van der Waals surface area contributed by atoms with Gasteiger partial charge in [-0.15, -0.1) is 0 Å². The number of hydrogen-bond donors (Lipinski definition) is 1. The minimum atomic E-state index is -0.761. The fourth-order valence-electron chi connectivity index (χ4n) is 5.08. The molecule has 7 nitrogen and oxygen atoms in total. The van der Waals surface area contributed by atoms with Crippen LogP contribution in [-0.2, 0) is 13.2 Å². The molecule has 0 fully saturated rings. The number of halogens is 2. The van der Waals surface area contributed by atoms with Crippen molar-refractivity contribution in [3.63, 3.8) is 0 Å². The number of aromatic nitrogens is 1.